The van der Waals surface area contributed by atoms with Gasteiger partial charge < -0.3 is 14.8 Å². The maximum Gasteiger partial charge on any atom is 0.164 e. The summed E-state index contributed by atoms with van der Waals surface area (Å²) in [4.78, 5) is 4.27. The van der Waals surface area contributed by atoms with Crippen molar-refractivity contribution in [2.75, 3.05) is 13.7 Å². The van der Waals surface area contributed by atoms with Crippen LogP contribution in [-0.2, 0) is 19.5 Å². The fourth-order valence-corrected chi connectivity index (χ4v) is 2.61. The Bertz CT molecular complexity index is 611. The van der Waals surface area contributed by atoms with Crippen LogP contribution in [0.2, 0.25) is 0 Å². The molecule has 1 unspecified atom stereocenters. The molecule has 3 rings (SSSR count). The van der Waals surface area contributed by atoms with Gasteiger partial charge >= 0.3 is 0 Å². The third kappa shape index (κ3) is 2.85. The van der Waals surface area contributed by atoms with Crippen molar-refractivity contribution in [1.29, 1.82) is 0 Å². The van der Waals surface area contributed by atoms with Crippen LogP contribution in [0.4, 0.5) is 0 Å². The molecule has 0 amide bonds. The Morgan fingerprint density at radius 3 is 3.19 bits per heavy atom. The van der Waals surface area contributed by atoms with Gasteiger partial charge in [0.2, 0.25) is 0 Å². The topological polar surface area (TPSA) is 61.2 Å². The van der Waals surface area contributed by atoms with E-state index in [1.807, 2.05) is 16.8 Å². The van der Waals surface area contributed by atoms with E-state index in [4.69, 9.17) is 9.47 Å². The van der Waals surface area contributed by atoms with E-state index < -0.39 is 0 Å². The minimum absolute atomic E-state index is 0.270. The van der Waals surface area contributed by atoms with Crippen LogP contribution in [0.25, 0.3) is 0 Å². The number of nitrogens with zero attached hydrogens (tertiary/aromatic N) is 3. The molecule has 0 saturated heterocycles. The molecule has 0 aliphatic carbocycles. The van der Waals surface area contributed by atoms with Gasteiger partial charge in [0.15, 0.2) is 11.5 Å². The number of nitrogens with one attached hydrogen (secondary N) is 1. The van der Waals surface area contributed by atoms with Crippen LogP contribution in [0.5, 0.6) is 11.5 Å². The standard InChI is InChI=1S/C15H20N4O2/c1-3-19-14(17-10-18-19)8-16-12-7-11-5-4-6-13(20-2)15(11)21-9-12/h4-6,10,12,16H,3,7-9H2,1-2H3. The molecule has 21 heavy (non-hydrogen) atoms. The van der Waals surface area contributed by atoms with Crippen LogP contribution in [0.1, 0.15) is 18.3 Å². The Labute approximate surface area is 124 Å². The van der Waals surface area contributed by atoms with Crippen LogP contribution in [0.3, 0.4) is 0 Å². The largest absolute Gasteiger partial charge is 0.493 e. The van der Waals surface area contributed by atoms with Gasteiger partial charge in [-0.05, 0) is 25.0 Å². The zero-order chi connectivity index (χ0) is 14.7. The summed E-state index contributed by atoms with van der Waals surface area (Å²) >= 11 is 0. The summed E-state index contributed by atoms with van der Waals surface area (Å²) in [5.74, 6) is 2.63. The zero-order valence-corrected chi connectivity index (χ0v) is 12.4. The molecule has 0 spiro atoms. The number of benzene rings is 1. The molecule has 0 saturated carbocycles. The Balaban J connectivity index is 1.64. The van der Waals surface area contributed by atoms with Crippen molar-refractivity contribution in [2.45, 2.75) is 32.5 Å². The van der Waals surface area contributed by atoms with Gasteiger partial charge in [-0.1, -0.05) is 12.1 Å². The highest BCUT2D eigenvalue weighted by Gasteiger charge is 2.22. The lowest BCUT2D eigenvalue weighted by Crippen LogP contribution is -2.39. The average molecular weight is 288 g/mol. The predicted molar refractivity (Wildman–Crippen MR) is 78.5 cm³/mol. The van der Waals surface area contributed by atoms with E-state index >= 15 is 0 Å². The summed E-state index contributed by atoms with van der Waals surface area (Å²) < 4.78 is 13.1. The van der Waals surface area contributed by atoms with Crippen LogP contribution in [-0.4, -0.2) is 34.5 Å². The van der Waals surface area contributed by atoms with Crippen molar-refractivity contribution in [3.63, 3.8) is 0 Å². The van der Waals surface area contributed by atoms with Gasteiger partial charge in [0, 0.05) is 12.6 Å². The van der Waals surface area contributed by atoms with Gasteiger partial charge in [0.25, 0.3) is 0 Å². The number of rotatable bonds is 5. The second kappa shape index (κ2) is 6.13. The lowest BCUT2D eigenvalue weighted by molar-refractivity contribution is 0.225. The third-order valence-corrected chi connectivity index (χ3v) is 3.72. The summed E-state index contributed by atoms with van der Waals surface area (Å²) in [6.45, 7) is 4.22. The van der Waals surface area contributed by atoms with E-state index in [-0.39, 0.29) is 6.04 Å². The monoisotopic (exact) mass is 288 g/mol. The van der Waals surface area contributed by atoms with Gasteiger partial charge in [-0.2, -0.15) is 5.10 Å². The molecule has 0 fully saturated rings. The van der Waals surface area contributed by atoms with Crippen molar-refractivity contribution < 1.29 is 9.47 Å². The third-order valence-electron chi connectivity index (χ3n) is 3.72. The van der Waals surface area contributed by atoms with Crippen LogP contribution < -0.4 is 14.8 Å². The molecule has 6 nitrogen and oxygen atoms in total. The summed E-state index contributed by atoms with van der Waals surface area (Å²) in [6.07, 6.45) is 2.52. The highest BCUT2D eigenvalue weighted by atomic mass is 16.5. The number of hydrogen-bond donors (Lipinski definition) is 1. The van der Waals surface area contributed by atoms with Crippen LogP contribution in [0, 0.1) is 0 Å². The number of ether oxygens (including phenoxy) is 2. The van der Waals surface area contributed by atoms with Crippen molar-refractivity contribution in [3.05, 3.63) is 35.9 Å². The lowest BCUT2D eigenvalue weighted by atomic mass is 10.0. The summed E-state index contributed by atoms with van der Waals surface area (Å²) in [5.41, 5.74) is 1.18. The molecule has 1 aliphatic heterocycles. The molecule has 0 bridgehead atoms. The lowest BCUT2D eigenvalue weighted by Gasteiger charge is -2.27. The van der Waals surface area contributed by atoms with Gasteiger partial charge in [-0.15, -0.1) is 0 Å². The molecule has 2 heterocycles. The molecular formula is C15H20N4O2. The Morgan fingerprint density at radius 1 is 1.48 bits per heavy atom. The Kier molecular flexibility index (Phi) is 4.06. The molecule has 0 radical (unpaired) electrons. The average Bonchev–Trinajstić information content (AvgIpc) is 2.99. The molecule has 1 N–H and O–H groups in total. The first-order valence-electron chi connectivity index (χ1n) is 7.20. The number of aromatic nitrogens is 3. The second-order valence-electron chi connectivity index (χ2n) is 5.03. The predicted octanol–water partition coefficient (Wildman–Crippen LogP) is 1.40. The first-order valence-corrected chi connectivity index (χ1v) is 7.20. The van der Waals surface area contributed by atoms with E-state index in [1.54, 1.807) is 13.4 Å². The molecule has 1 atom stereocenters. The smallest absolute Gasteiger partial charge is 0.164 e. The quantitative estimate of drug-likeness (QED) is 0.901. The number of methoxy groups -OCH3 is 1. The van der Waals surface area contributed by atoms with Gasteiger partial charge in [0.1, 0.15) is 18.8 Å². The van der Waals surface area contributed by atoms with Crippen molar-refractivity contribution in [1.82, 2.24) is 20.1 Å². The molecule has 2 aromatic rings. The van der Waals surface area contributed by atoms with Crippen molar-refractivity contribution >= 4 is 0 Å². The van der Waals surface area contributed by atoms with Crippen LogP contribution >= 0.6 is 0 Å². The second-order valence-corrected chi connectivity index (χ2v) is 5.03. The molecule has 6 heteroatoms. The Morgan fingerprint density at radius 2 is 2.38 bits per heavy atom. The van der Waals surface area contributed by atoms with E-state index in [0.29, 0.717) is 13.2 Å². The first kappa shape index (κ1) is 13.9. The highest BCUT2D eigenvalue weighted by Crippen LogP contribution is 2.34. The van der Waals surface area contributed by atoms with E-state index in [9.17, 15) is 0 Å². The number of fused-ring (bicyclic) bond motifs is 1. The maximum atomic E-state index is 5.85. The molecule has 1 aromatic carbocycles. The fraction of sp³-hybridized carbons (Fsp3) is 0.467. The normalized spacial score (nSPS) is 17.1. The summed E-state index contributed by atoms with van der Waals surface area (Å²) in [6, 6.07) is 6.28. The number of aryl methyl sites for hydroxylation is 1. The van der Waals surface area contributed by atoms with E-state index in [2.05, 4.69) is 28.4 Å². The summed E-state index contributed by atoms with van der Waals surface area (Å²) in [5, 5.41) is 7.66. The first-order chi connectivity index (χ1) is 10.3. The Hall–Kier alpha value is -2.08. The molecule has 112 valence electrons. The highest BCUT2D eigenvalue weighted by molar-refractivity contribution is 5.48. The minimum Gasteiger partial charge on any atom is -0.493 e. The summed E-state index contributed by atoms with van der Waals surface area (Å²) in [7, 11) is 1.67. The van der Waals surface area contributed by atoms with Crippen LogP contribution in [0.15, 0.2) is 24.5 Å². The van der Waals surface area contributed by atoms with E-state index in [0.717, 1.165) is 30.3 Å². The molecule has 1 aromatic heterocycles. The maximum absolute atomic E-state index is 5.85. The fourth-order valence-electron chi connectivity index (χ4n) is 2.61. The van der Waals surface area contributed by atoms with Gasteiger partial charge in [0.05, 0.1) is 13.7 Å². The molecule has 1 aliphatic rings. The van der Waals surface area contributed by atoms with Gasteiger partial charge in [-0.3, -0.25) is 0 Å². The molecular weight excluding hydrogens is 268 g/mol. The van der Waals surface area contributed by atoms with E-state index in [1.165, 1.54) is 5.56 Å². The minimum atomic E-state index is 0.270. The van der Waals surface area contributed by atoms with Gasteiger partial charge in [-0.25, -0.2) is 9.67 Å². The SMILES string of the molecule is CCn1ncnc1CNC1COc2c(cccc2OC)C1. The number of para-hydroxylation sites is 1. The van der Waals surface area contributed by atoms with Crippen molar-refractivity contribution in [3.8, 4) is 11.5 Å². The zero-order valence-electron chi connectivity index (χ0n) is 12.4. The van der Waals surface area contributed by atoms with Crippen molar-refractivity contribution in [2.24, 2.45) is 0 Å². The number of hydrogen-bond acceptors (Lipinski definition) is 5.